The topological polar surface area (TPSA) is 41.6 Å². The summed E-state index contributed by atoms with van der Waals surface area (Å²) in [5.74, 6) is -0.0152. The highest BCUT2D eigenvalue weighted by molar-refractivity contribution is 5.76. The molecule has 0 aromatic rings. The molecule has 0 aromatic carbocycles. The first-order valence-corrected chi connectivity index (χ1v) is 6.46. The Labute approximate surface area is 97.3 Å². The molecule has 2 rings (SSSR count). The number of hydrogen-bond donors (Lipinski definition) is 1. The normalized spacial score (nSPS) is 28.2. The van der Waals surface area contributed by atoms with Gasteiger partial charge in [0, 0.05) is 6.04 Å². The van der Waals surface area contributed by atoms with Crippen LogP contribution in [0, 0.1) is 0 Å². The van der Waals surface area contributed by atoms with Crippen molar-refractivity contribution in [1.82, 2.24) is 10.2 Å². The van der Waals surface area contributed by atoms with E-state index in [0.717, 1.165) is 45.3 Å². The second-order valence-electron chi connectivity index (χ2n) is 4.63. The van der Waals surface area contributed by atoms with E-state index in [1.54, 1.807) is 0 Å². The van der Waals surface area contributed by atoms with E-state index in [2.05, 4.69) is 10.2 Å². The molecule has 2 aliphatic rings. The number of ether oxygens (including phenoxy) is 1. The fourth-order valence-corrected chi connectivity index (χ4v) is 2.86. The average Bonchev–Trinajstić information content (AvgIpc) is 2.79. The molecule has 0 radical (unpaired) electrons. The summed E-state index contributed by atoms with van der Waals surface area (Å²) in [5, 5.41) is 3.36. The van der Waals surface area contributed by atoms with Crippen molar-refractivity contribution in [3.05, 3.63) is 0 Å². The lowest BCUT2D eigenvalue weighted by molar-refractivity contribution is -0.149. The first-order chi connectivity index (χ1) is 7.83. The predicted octanol–water partition coefficient (Wildman–Crippen LogP) is 0.766. The van der Waals surface area contributed by atoms with Gasteiger partial charge in [0.15, 0.2) is 0 Å². The summed E-state index contributed by atoms with van der Waals surface area (Å²) in [5.41, 5.74) is 0. The standard InChI is InChI=1S/C12H22N2O2/c1-2-16-12(15)11-4-3-9-14(11)10-5-7-13-8-6-10/h10-11,13H,2-9H2,1H3/t11-/m0/s1. The zero-order chi connectivity index (χ0) is 11.4. The van der Waals surface area contributed by atoms with Gasteiger partial charge < -0.3 is 10.1 Å². The molecule has 2 fully saturated rings. The molecule has 2 aliphatic heterocycles. The first kappa shape index (κ1) is 11.9. The lowest BCUT2D eigenvalue weighted by Gasteiger charge is -2.34. The van der Waals surface area contributed by atoms with Crippen LogP contribution in [0.3, 0.4) is 0 Å². The van der Waals surface area contributed by atoms with Crippen molar-refractivity contribution in [2.24, 2.45) is 0 Å². The lowest BCUT2D eigenvalue weighted by Crippen LogP contribution is -2.48. The highest BCUT2D eigenvalue weighted by Crippen LogP contribution is 2.25. The van der Waals surface area contributed by atoms with Crippen molar-refractivity contribution >= 4 is 5.97 Å². The Morgan fingerprint density at radius 2 is 2.12 bits per heavy atom. The molecular weight excluding hydrogens is 204 g/mol. The fourth-order valence-electron chi connectivity index (χ4n) is 2.86. The minimum atomic E-state index is -0.0152. The third kappa shape index (κ3) is 2.55. The van der Waals surface area contributed by atoms with Crippen molar-refractivity contribution < 1.29 is 9.53 Å². The van der Waals surface area contributed by atoms with E-state index in [4.69, 9.17) is 4.74 Å². The highest BCUT2D eigenvalue weighted by atomic mass is 16.5. The molecule has 4 nitrogen and oxygen atoms in total. The van der Waals surface area contributed by atoms with Gasteiger partial charge in [-0.15, -0.1) is 0 Å². The van der Waals surface area contributed by atoms with Gasteiger partial charge in [0.1, 0.15) is 6.04 Å². The maximum absolute atomic E-state index is 11.8. The highest BCUT2D eigenvalue weighted by Gasteiger charge is 2.36. The van der Waals surface area contributed by atoms with Crippen LogP contribution in [-0.2, 0) is 9.53 Å². The van der Waals surface area contributed by atoms with E-state index in [1.165, 1.54) is 0 Å². The number of rotatable bonds is 3. The van der Waals surface area contributed by atoms with Gasteiger partial charge >= 0.3 is 5.97 Å². The Hall–Kier alpha value is -0.610. The maximum atomic E-state index is 11.8. The second-order valence-corrected chi connectivity index (χ2v) is 4.63. The molecule has 2 heterocycles. The van der Waals surface area contributed by atoms with Gasteiger partial charge in [-0.3, -0.25) is 9.69 Å². The van der Waals surface area contributed by atoms with E-state index in [0.29, 0.717) is 12.6 Å². The van der Waals surface area contributed by atoms with Crippen LogP contribution in [0.25, 0.3) is 0 Å². The lowest BCUT2D eigenvalue weighted by atomic mass is 10.0. The zero-order valence-corrected chi connectivity index (χ0v) is 10.1. The molecular formula is C12H22N2O2. The molecule has 4 heteroatoms. The Morgan fingerprint density at radius 3 is 2.81 bits per heavy atom. The van der Waals surface area contributed by atoms with Crippen LogP contribution >= 0.6 is 0 Å². The Morgan fingerprint density at radius 1 is 1.38 bits per heavy atom. The molecule has 16 heavy (non-hydrogen) atoms. The number of hydrogen-bond acceptors (Lipinski definition) is 4. The first-order valence-electron chi connectivity index (χ1n) is 6.46. The number of esters is 1. The van der Waals surface area contributed by atoms with Gasteiger partial charge in [0.2, 0.25) is 0 Å². The van der Waals surface area contributed by atoms with Gasteiger partial charge in [-0.05, 0) is 52.2 Å². The van der Waals surface area contributed by atoms with Crippen LogP contribution in [0.2, 0.25) is 0 Å². The molecule has 1 N–H and O–H groups in total. The van der Waals surface area contributed by atoms with Crippen molar-refractivity contribution in [3.8, 4) is 0 Å². The molecule has 92 valence electrons. The molecule has 0 saturated carbocycles. The van der Waals surface area contributed by atoms with Crippen LogP contribution in [0.5, 0.6) is 0 Å². The Kier molecular flexibility index (Phi) is 4.18. The Balaban J connectivity index is 1.93. The van der Waals surface area contributed by atoms with Crippen molar-refractivity contribution in [3.63, 3.8) is 0 Å². The van der Waals surface area contributed by atoms with E-state index < -0.39 is 0 Å². The number of nitrogens with zero attached hydrogens (tertiary/aromatic N) is 1. The molecule has 0 amide bonds. The smallest absolute Gasteiger partial charge is 0.323 e. The van der Waals surface area contributed by atoms with E-state index in [1.807, 2.05) is 6.92 Å². The van der Waals surface area contributed by atoms with E-state index in [-0.39, 0.29) is 12.0 Å². The summed E-state index contributed by atoms with van der Waals surface area (Å²) in [4.78, 5) is 14.2. The average molecular weight is 226 g/mol. The van der Waals surface area contributed by atoms with E-state index in [9.17, 15) is 4.79 Å². The molecule has 1 atom stereocenters. The number of carbonyl (C=O) groups excluding carboxylic acids is 1. The predicted molar refractivity (Wildman–Crippen MR) is 62.3 cm³/mol. The van der Waals surface area contributed by atoms with Crippen LogP contribution in [0.1, 0.15) is 32.6 Å². The van der Waals surface area contributed by atoms with E-state index >= 15 is 0 Å². The number of nitrogens with one attached hydrogen (secondary N) is 1. The zero-order valence-electron chi connectivity index (χ0n) is 10.1. The Bertz CT molecular complexity index is 239. The fraction of sp³-hybridized carbons (Fsp3) is 0.917. The van der Waals surface area contributed by atoms with Crippen LogP contribution in [0.4, 0.5) is 0 Å². The molecule has 0 aliphatic carbocycles. The summed E-state index contributed by atoms with van der Waals surface area (Å²) < 4.78 is 5.15. The third-order valence-electron chi connectivity index (χ3n) is 3.63. The largest absolute Gasteiger partial charge is 0.465 e. The van der Waals surface area contributed by atoms with Gasteiger partial charge in [-0.25, -0.2) is 0 Å². The summed E-state index contributed by atoms with van der Waals surface area (Å²) in [7, 11) is 0. The number of piperidine rings is 1. The van der Waals surface area contributed by atoms with Crippen molar-refractivity contribution in [1.29, 1.82) is 0 Å². The molecule has 0 bridgehead atoms. The summed E-state index contributed by atoms with van der Waals surface area (Å²) in [6.45, 7) is 5.60. The van der Waals surface area contributed by atoms with Crippen molar-refractivity contribution in [2.45, 2.75) is 44.7 Å². The number of carbonyl (C=O) groups is 1. The summed E-state index contributed by atoms with van der Waals surface area (Å²) in [6.07, 6.45) is 4.43. The maximum Gasteiger partial charge on any atom is 0.323 e. The van der Waals surface area contributed by atoms with Crippen molar-refractivity contribution in [2.75, 3.05) is 26.2 Å². The molecule has 2 saturated heterocycles. The number of likely N-dealkylation sites (tertiary alicyclic amines) is 1. The van der Waals surface area contributed by atoms with Gasteiger partial charge in [0.25, 0.3) is 0 Å². The van der Waals surface area contributed by atoms with Gasteiger partial charge in [-0.1, -0.05) is 0 Å². The summed E-state index contributed by atoms with van der Waals surface area (Å²) in [6, 6.07) is 0.612. The third-order valence-corrected chi connectivity index (χ3v) is 3.63. The SMILES string of the molecule is CCOC(=O)[C@@H]1CCCN1C1CCNCC1. The minimum absolute atomic E-state index is 0.0152. The van der Waals surface area contributed by atoms with Gasteiger partial charge in [-0.2, -0.15) is 0 Å². The quantitative estimate of drug-likeness (QED) is 0.722. The summed E-state index contributed by atoms with van der Waals surface area (Å²) >= 11 is 0. The van der Waals surface area contributed by atoms with Crippen LogP contribution < -0.4 is 5.32 Å². The van der Waals surface area contributed by atoms with Gasteiger partial charge in [0.05, 0.1) is 6.61 Å². The van der Waals surface area contributed by atoms with Crippen LogP contribution in [0.15, 0.2) is 0 Å². The van der Waals surface area contributed by atoms with Crippen LogP contribution in [-0.4, -0.2) is 49.2 Å². The minimum Gasteiger partial charge on any atom is -0.465 e. The second kappa shape index (κ2) is 5.64. The monoisotopic (exact) mass is 226 g/mol. The molecule has 0 spiro atoms. The molecule has 0 aromatic heterocycles. The molecule has 0 unspecified atom stereocenters.